The molecule has 0 radical (unpaired) electrons. The number of hydrogen-bond acceptors (Lipinski definition) is 7. The highest BCUT2D eigenvalue weighted by molar-refractivity contribution is 7.99. The van der Waals surface area contributed by atoms with Gasteiger partial charge in [0.15, 0.2) is 5.65 Å². The van der Waals surface area contributed by atoms with Crippen molar-refractivity contribution in [1.82, 2.24) is 19.8 Å². The van der Waals surface area contributed by atoms with Crippen LogP contribution in [0.5, 0.6) is 5.75 Å². The molecule has 2 aromatic heterocycles. The monoisotopic (exact) mass is 494 g/mol. The van der Waals surface area contributed by atoms with Gasteiger partial charge in [0.05, 0.1) is 12.1 Å². The molecule has 2 aromatic carbocycles. The molecule has 5 rings (SSSR count). The average Bonchev–Trinajstić information content (AvgIpc) is 3.34. The molecular weight excluding hydrogens is 472 g/mol. The van der Waals surface area contributed by atoms with Crippen LogP contribution in [0.3, 0.4) is 0 Å². The fraction of sp³-hybridized carbons (Fsp3) is 0.250. The summed E-state index contributed by atoms with van der Waals surface area (Å²) in [6.45, 7) is 1.52. The fourth-order valence-corrected chi connectivity index (χ4v) is 5.05. The van der Waals surface area contributed by atoms with Gasteiger partial charge >= 0.3 is 0 Å². The molecule has 1 aliphatic heterocycles. The number of amides is 1. The van der Waals surface area contributed by atoms with Crippen molar-refractivity contribution in [3.05, 3.63) is 65.9 Å². The summed E-state index contributed by atoms with van der Waals surface area (Å²) in [5.41, 5.74) is 1.42. The molecule has 0 atom stereocenters. The van der Waals surface area contributed by atoms with E-state index in [2.05, 4.69) is 25.5 Å². The Labute approximate surface area is 206 Å². The average molecular weight is 495 g/mol. The number of ether oxygens (including phenoxy) is 1. The van der Waals surface area contributed by atoms with Crippen molar-refractivity contribution < 1.29 is 9.53 Å². The smallest absolute Gasteiger partial charge is 0.227 e. The maximum Gasteiger partial charge on any atom is 0.227 e. The van der Waals surface area contributed by atoms with E-state index in [1.807, 2.05) is 48.5 Å². The summed E-state index contributed by atoms with van der Waals surface area (Å²) in [6, 6.07) is 17.3. The van der Waals surface area contributed by atoms with Crippen molar-refractivity contribution in [2.24, 2.45) is 5.92 Å². The number of rotatable bonds is 6. The molecule has 4 aromatic rings. The van der Waals surface area contributed by atoms with E-state index in [-0.39, 0.29) is 11.8 Å². The molecule has 1 aliphatic rings. The van der Waals surface area contributed by atoms with Gasteiger partial charge in [-0.2, -0.15) is 4.52 Å². The predicted molar refractivity (Wildman–Crippen MR) is 133 cm³/mol. The number of methoxy groups -OCH3 is 1. The van der Waals surface area contributed by atoms with E-state index in [1.54, 1.807) is 35.8 Å². The molecule has 1 fully saturated rings. The highest BCUT2D eigenvalue weighted by Crippen LogP contribution is 2.35. The molecule has 0 aliphatic carbocycles. The second-order valence-electron chi connectivity index (χ2n) is 8.00. The first-order valence-corrected chi connectivity index (χ1v) is 12.1. The maximum atomic E-state index is 12.9. The Bertz CT molecular complexity index is 1300. The number of hydrogen-bond donors (Lipinski definition) is 1. The van der Waals surface area contributed by atoms with Crippen molar-refractivity contribution in [2.75, 3.05) is 30.4 Å². The first kappa shape index (κ1) is 22.5. The van der Waals surface area contributed by atoms with Gasteiger partial charge in [-0.15, -0.1) is 15.3 Å². The lowest BCUT2D eigenvalue weighted by Crippen LogP contribution is -2.38. The first-order valence-electron chi connectivity index (χ1n) is 10.9. The summed E-state index contributed by atoms with van der Waals surface area (Å²) in [7, 11) is 1.65. The van der Waals surface area contributed by atoms with E-state index in [9.17, 15) is 4.79 Å². The minimum absolute atomic E-state index is 0.0218. The zero-order chi connectivity index (χ0) is 23.5. The summed E-state index contributed by atoms with van der Waals surface area (Å²) in [5, 5.41) is 16.0. The zero-order valence-electron chi connectivity index (χ0n) is 18.5. The number of nitrogens with zero attached hydrogens (tertiary/aromatic N) is 5. The van der Waals surface area contributed by atoms with Crippen LogP contribution in [-0.4, -0.2) is 45.9 Å². The third-order valence-electron chi connectivity index (χ3n) is 5.82. The number of aromatic nitrogens is 4. The van der Waals surface area contributed by atoms with Crippen LogP contribution in [0.1, 0.15) is 12.8 Å². The standard InChI is InChI=1S/C24H23ClN6O2S/c1-33-18-3-5-19(6-4-18)34-21-7-2-17(14-20(21)25)27-24(32)16-10-12-30(13-11-16)23-9-8-22-28-26-15-31(22)29-23/h2-9,14-16H,10-13H2,1H3,(H,27,32). The normalized spacial score (nSPS) is 14.4. The largest absolute Gasteiger partial charge is 0.497 e. The Morgan fingerprint density at radius 2 is 1.91 bits per heavy atom. The fourth-order valence-electron chi connectivity index (χ4n) is 3.93. The van der Waals surface area contributed by atoms with E-state index in [0.717, 1.165) is 47.3 Å². The van der Waals surface area contributed by atoms with Gasteiger partial charge in [-0.05, 0) is 67.4 Å². The number of piperidine rings is 1. The second-order valence-corrected chi connectivity index (χ2v) is 9.52. The SMILES string of the molecule is COc1ccc(Sc2ccc(NC(=O)C3CCN(c4ccc5nncn5n4)CC3)cc2Cl)cc1. The van der Waals surface area contributed by atoms with Crippen molar-refractivity contribution in [2.45, 2.75) is 22.6 Å². The second kappa shape index (κ2) is 9.90. The predicted octanol–water partition coefficient (Wildman–Crippen LogP) is 4.79. The zero-order valence-corrected chi connectivity index (χ0v) is 20.1. The molecule has 1 N–H and O–H groups in total. The van der Waals surface area contributed by atoms with Crippen LogP contribution in [0.2, 0.25) is 5.02 Å². The molecule has 8 nitrogen and oxygen atoms in total. The van der Waals surface area contributed by atoms with Crippen LogP contribution >= 0.6 is 23.4 Å². The molecular formula is C24H23ClN6O2S. The minimum Gasteiger partial charge on any atom is -0.497 e. The summed E-state index contributed by atoms with van der Waals surface area (Å²) in [5.74, 6) is 1.64. The number of nitrogens with one attached hydrogen (secondary N) is 1. The minimum atomic E-state index is -0.0537. The molecule has 1 saturated heterocycles. The number of carbonyl (C=O) groups excluding carboxylic acids is 1. The van der Waals surface area contributed by atoms with E-state index >= 15 is 0 Å². The molecule has 0 saturated carbocycles. The van der Waals surface area contributed by atoms with E-state index in [4.69, 9.17) is 16.3 Å². The van der Waals surface area contributed by atoms with Crippen molar-refractivity contribution >= 4 is 46.4 Å². The Hall–Kier alpha value is -3.30. The number of benzene rings is 2. The molecule has 0 spiro atoms. The van der Waals surface area contributed by atoms with Crippen molar-refractivity contribution in [3.8, 4) is 5.75 Å². The Balaban J connectivity index is 1.17. The Kier molecular flexibility index (Phi) is 6.55. The van der Waals surface area contributed by atoms with Gasteiger partial charge in [-0.3, -0.25) is 4.79 Å². The van der Waals surface area contributed by atoms with Crippen LogP contribution in [0.4, 0.5) is 11.5 Å². The van der Waals surface area contributed by atoms with E-state index in [0.29, 0.717) is 16.4 Å². The Morgan fingerprint density at radius 1 is 1.12 bits per heavy atom. The summed E-state index contributed by atoms with van der Waals surface area (Å²) < 4.78 is 6.86. The van der Waals surface area contributed by atoms with Gasteiger partial charge in [-0.1, -0.05) is 23.4 Å². The Morgan fingerprint density at radius 3 is 2.65 bits per heavy atom. The molecule has 0 unspecified atom stereocenters. The first-order chi connectivity index (χ1) is 16.6. The lowest BCUT2D eigenvalue weighted by Gasteiger charge is -2.32. The number of carbonyl (C=O) groups is 1. The molecule has 34 heavy (non-hydrogen) atoms. The molecule has 1 amide bonds. The third-order valence-corrected chi connectivity index (χ3v) is 7.33. The summed E-state index contributed by atoms with van der Waals surface area (Å²) in [4.78, 5) is 17.0. The van der Waals surface area contributed by atoms with Crippen LogP contribution in [-0.2, 0) is 4.79 Å². The van der Waals surface area contributed by atoms with Crippen molar-refractivity contribution in [1.29, 1.82) is 0 Å². The van der Waals surface area contributed by atoms with Gasteiger partial charge in [0.25, 0.3) is 0 Å². The summed E-state index contributed by atoms with van der Waals surface area (Å²) in [6.07, 6.45) is 3.10. The van der Waals surface area contributed by atoms with Gasteiger partial charge in [0.1, 0.15) is 17.9 Å². The van der Waals surface area contributed by atoms with Gasteiger partial charge in [0, 0.05) is 34.5 Å². The van der Waals surface area contributed by atoms with Gasteiger partial charge < -0.3 is 15.0 Å². The highest BCUT2D eigenvalue weighted by atomic mass is 35.5. The molecule has 0 bridgehead atoms. The number of anilines is 2. The molecule has 10 heteroatoms. The lowest BCUT2D eigenvalue weighted by molar-refractivity contribution is -0.120. The van der Waals surface area contributed by atoms with E-state index in [1.165, 1.54) is 0 Å². The molecule has 174 valence electrons. The van der Waals surface area contributed by atoms with Gasteiger partial charge in [0.2, 0.25) is 5.91 Å². The van der Waals surface area contributed by atoms with Crippen molar-refractivity contribution in [3.63, 3.8) is 0 Å². The van der Waals surface area contributed by atoms with E-state index < -0.39 is 0 Å². The van der Waals surface area contributed by atoms with Crippen LogP contribution in [0.25, 0.3) is 5.65 Å². The van der Waals surface area contributed by atoms with Gasteiger partial charge in [-0.25, -0.2) is 0 Å². The lowest BCUT2D eigenvalue weighted by atomic mass is 9.96. The quantitative estimate of drug-likeness (QED) is 0.412. The highest BCUT2D eigenvalue weighted by Gasteiger charge is 2.26. The summed E-state index contributed by atoms with van der Waals surface area (Å²) >= 11 is 8.07. The maximum absolute atomic E-state index is 12.9. The van der Waals surface area contributed by atoms with Crippen LogP contribution < -0.4 is 15.0 Å². The van der Waals surface area contributed by atoms with Crippen LogP contribution in [0, 0.1) is 5.92 Å². The topological polar surface area (TPSA) is 84.6 Å². The number of halogens is 1. The van der Waals surface area contributed by atoms with Crippen LogP contribution in [0.15, 0.2) is 70.7 Å². The number of fused-ring (bicyclic) bond motifs is 1. The third kappa shape index (κ3) is 4.95. The molecule has 3 heterocycles.